The van der Waals surface area contributed by atoms with Gasteiger partial charge in [0, 0.05) is 36.3 Å². The molecule has 35 heavy (non-hydrogen) atoms. The van der Waals surface area contributed by atoms with Crippen molar-refractivity contribution in [2.75, 3.05) is 26.2 Å². The fraction of sp³-hybridized carbons (Fsp3) is 0.379. The van der Waals surface area contributed by atoms with Crippen molar-refractivity contribution in [3.8, 4) is 5.75 Å². The summed E-state index contributed by atoms with van der Waals surface area (Å²) in [4.78, 5) is 29.1. The molecule has 5 rings (SSSR count). The number of benzene rings is 2. The van der Waals surface area contributed by atoms with E-state index in [0.29, 0.717) is 22.3 Å². The molecular weight excluding hydrogens is 438 g/mol. The van der Waals surface area contributed by atoms with Crippen LogP contribution in [0.1, 0.15) is 52.7 Å². The minimum absolute atomic E-state index is 0.0126. The zero-order valence-electron chi connectivity index (χ0n) is 20.2. The molecule has 0 bridgehead atoms. The second-order valence-corrected chi connectivity index (χ2v) is 10.1. The molecule has 0 atom stereocenters. The van der Waals surface area contributed by atoms with Crippen LogP contribution in [0.4, 0.5) is 0 Å². The van der Waals surface area contributed by atoms with Crippen molar-refractivity contribution in [1.29, 1.82) is 0 Å². The third-order valence-corrected chi connectivity index (χ3v) is 7.84. The normalized spacial score (nSPS) is 19.3. The number of primary amides is 1. The molecule has 6 nitrogen and oxygen atoms in total. The Morgan fingerprint density at radius 2 is 1.60 bits per heavy atom. The maximum atomic E-state index is 13.2. The number of piperidine rings is 2. The molecule has 0 saturated carbocycles. The number of carbonyl (C=O) groups excluding carboxylic acids is 2. The first-order chi connectivity index (χ1) is 16.9. The lowest BCUT2D eigenvalue weighted by molar-refractivity contribution is -0.117. The molecule has 2 amide bonds. The van der Waals surface area contributed by atoms with E-state index in [9.17, 15) is 9.59 Å². The molecular formula is C29H33N3O3. The predicted octanol–water partition coefficient (Wildman–Crippen LogP) is 4.15. The Kier molecular flexibility index (Phi) is 6.48. The van der Waals surface area contributed by atoms with Gasteiger partial charge in [-0.05, 0) is 68.0 Å². The van der Waals surface area contributed by atoms with Crippen LogP contribution in [-0.4, -0.2) is 47.8 Å². The van der Waals surface area contributed by atoms with Crippen molar-refractivity contribution in [3.63, 3.8) is 0 Å². The van der Waals surface area contributed by atoms with Gasteiger partial charge in [-0.25, -0.2) is 0 Å². The van der Waals surface area contributed by atoms with Crippen LogP contribution in [0.25, 0.3) is 6.08 Å². The zero-order valence-corrected chi connectivity index (χ0v) is 20.2. The fourth-order valence-electron chi connectivity index (χ4n) is 5.68. The number of para-hydroxylation sites is 1. The van der Waals surface area contributed by atoms with E-state index in [1.165, 1.54) is 5.56 Å². The first kappa shape index (κ1) is 23.4. The molecule has 0 unspecified atom stereocenters. The van der Waals surface area contributed by atoms with Gasteiger partial charge in [-0.15, -0.1) is 0 Å². The van der Waals surface area contributed by atoms with E-state index < -0.39 is 5.91 Å². The maximum Gasteiger partial charge on any atom is 0.254 e. The van der Waals surface area contributed by atoms with Gasteiger partial charge < -0.3 is 15.4 Å². The van der Waals surface area contributed by atoms with E-state index >= 15 is 0 Å². The summed E-state index contributed by atoms with van der Waals surface area (Å²) < 4.78 is 5.94. The topological polar surface area (TPSA) is 75.9 Å². The molecule has 6 heteroatoms. The quantitative estimate of drug-likeness (QED) is 0.711. The Morgan fingerprint density at radius 3 is 2.34 bits per heavy atom. The number of carbonyl (C=O) groups is 2. The first-order valence-corrected chi connectivity index (χ1v) is 12.5. The number of hydrogen-bond acceptors (Lipinski definition) is 4. The van der Waals surface area contributed by atoms with Gasteiger partial charge in [-0.3, -0.25) is 14.5 Å². The average Bonchev–Trinajstić information content (AvgIpc) is 2.86. The van der Waals surface area contributed by atoms with Crippen molar-refractivity contribution < 1.29 is 14.3 Å². The Hall–Kier alpha value is -3.38. The van der Waals surface area contributed by atoms with Gasteiger partial charge in [-0.2, -0.15) is 0 Å². The lowest BCUT2D eigenvalue weighted by atomic mass is 9.71. The molecule has 0 aromatic heterocycles. The van der Waals surface area contributed by atoms with Crippen LogP contribution >= 0.6 is 0 Å². The minimum atomic E-state index is -0.418. The highest BCUT2D eigenvalue weighted by atomic mass is 16.5. The number of amides is 2. The largest absolute Gasteiger partial charge is 0.457 e. The van der Waals surface area contributed by atoms with Gasteiger partial charge >= 0.3 is 0 Å². The van der Waals surface area contributed by atoms with E-state index in [2.05, 4.69) is 35.8 Å². The molecule has 1 spiro atoms. The smallest absolute Gasteiger partial charge is 0.254 e. The Labute approximate surface area is 207 Å². The number of likely N-dealkylation sites (tertiary alicyclic amines) is 2. The summed E-state index contributed by atoms with van der Waals surface area (Å²) in [5, 5.41) is 0. The highest BCUT2D eigenvalue weighted by Crippen LogP contribution is 2.42. The molecule has 2 N–H and O–H groups in total. The minimum Gasteiger partial charge on any atom is -0.457 e. The van der Waals surface area contributed by atoms with Gasteiger partial charge in [-0.1, -0.05) is 43.0 Å². The van der Waals surface area contributed by atoms with Crippen LogP contribution in [0.3, 0.4) is 0 Å². The SMILES string of the molecule is C=C1C=Cc2cccc(CN3CCC4(CC3)CCN(C(=O)c3ccccc3CC(N)=O)CC4)c2O1. The molecule has 2 fully saturated rings. The highest BCUT2D eigenvalue weighted by molar-refractivity contribution is 5.97. The van der Waals surface area contributed by atoms with Crippen LogP contribution in [0.15, 0.2) is 60.9 Å². The van der Waals surface area contributed by atoms with Crippen LogP contribution in [0.2, 0.25) is 0 Å². The van der Waals surface area contributed by atoms with E-state index in [1.54, 1.807) is 6.07 Å². The summed E-state index contributed by atoms with van der Waals surface area (Å²) in [6, 6.07) is 13.6. The molecule has 2 aromatic rings. The summed E-state index contributed by atoms with van der Waals surface area (Å²) >= 11 is 0. The molecule has 182 valence electrons. The number of fused-ring (bicyclic) bond motifs is 1. The lowest BCUT2D eigenvalue weighted by Crippen LogP contribution is -2.48. The third-order valence-electron chi connectivity index (χ3n) is 7.84. The Bertz CT molecular complexity index is 1170. The number of rotatable bonds is 5. The van der Waals surface area contributed by atoms with Gasteiger partial charge in [0.1, 0.15) is 11.5 Å². The number of nitrogens with zero attached hydrogens (tertiary/aromatic N) is 2. The monoisotopic (exact) mass is 471 g/mol. The van der Waals surface area contributed by atoms with Gasteiger partial charge in [0.2, 0.25) is 5.91 Å². The third kappa shape index (κ3) is 5.03. The number of nitrogens with two attached hydrogens (primary N) is 1. The van der Waals surface area contributed by atoms with Crippen LogP contribution < -0.4 is 10.5 Å². The molecule has 3 heterocycles. The fourth-order valence-corrected chi connectivity index (χ4v) is 5.68. The van der Waals surface area contributed by atoms with Gasteiger partial charge in [0.25, 0.3) is 5.91 Å². The number of ether oxygens (including phenoxy) is 1. The van der Waals surface area contributed by atoms with Crippen LogP contribution in [0.5, 0.6) is 5.75 Å². The van der Waals surface area contributed by atoms with E-state index in [4.69, 9.17) is 10.5 Å². The molecule has 2 aromatic carbocycles. The second-order valence-electron chi connectivity index (χ2n) is 10.1. The summed E-state index contributed by atoms with van der Waals surface area (Å²) in [5.41, 5.74) is 9.32. The molecule has 2 saturated heterocycles. The van der Waals surface area contributed by atoms with Crippen molar-refractivity contribution in [3.05, 3.63) is 83.1 Å². The predicted molar refractivity (Wildman–Crippen MR) is 137 cm³/mol. The number of allylic oxidation sites excluding steroid dienone is 1. The number of hydrogen-bond donors (Lipinski definition) is 1. The Morgan fingerprint density at radius 1 is 0.914 bits per heavy atom. The Balaban J connectivity index is 1.17. The van der Waals surface area contributed by atoms with E-state index in [-0.39, 0.29) is 12.3 Å². The van der Waals surface area contributed by atoms with Gasteiger partial charge in [0.15, 0.2) is 0 Å². The standard InChI is InChI=1S/C29H33N3O3/c1-21-9-10-22-6-4-7-24(27(22)35-21)20-31-15-11-29(12-16-31)13-17-32(18-14-29)28(34)25-8-3-2-5-23(25)19-26(30)33/h2-10H,1,11-20H2,(H2,30,33). The zero-order chi connectivity index (χ0) is 24.4. The van der Waals surface area contributed by atoms with Crippen molar-refractivity contribution in [1.82, 2.24) is 9.80 Å². The summed E-state index contributed by atoms with van der Waals surface area (Å²) in [7, 11) is 0. The summed E-state index contributed by atoms with van der Waals surface area (Å²) in [6.07, 6.45) is 8.42. The molecule has 3 aliphatic heterocycles. The van der Waals surface area contributed by atoms with Crippen molar-refractivity contribution in [2.45, 2.75) is 38.6 Å². The van der Waals surface area contributed by atoms with E-state index in [0.717, 1.165) is 69.7 Å². The van der Waals surface area contributed by atoms with Crippen LogP contribution in [0, 0.1) is 5.41 Å². The summed E-state index contributed by atoms with van der Waals surface area (Å²) in [5.74, 6) is 1.21. The average molecular weight is 472 g/mol. The van der Waals surface area contributed by atoms with Crippen molar-refractivity contribution >= 4 is 17.9 Å². The first-order valence-electron chi connectivity index (χ1n) is 12.5. The second kappa shape index (κ2) is 9.70. The molecule has 0 radical (unpaired) electrons. The molecule has 0 aliphatic carbocycles. The van der Waals surface area contributed by atoms with Crippen molar-refractivity contribution in [2.24, 2.45) is 11.1 Å². The highest BCUT2D eigenvalue weighted by Gasteiger charge is 2.39. The van der Waals surface area contributed by atoms with Crippen LogP contribution in [-0.2, 0) is 17.8 Å². The van der Waals surface area contributed by atoms with Gasteiger partial charge in [0.05, 0.1) is 6.42 Å². The van der Waals surface area contributed by atoms with E-state index in [1.807, 2.05) is 29.2 Å². The molecule has 3 aliphatic rings. The lowest BCUT2D eigenvalue weighted by Gasteiger charge is -2.47. The maximum absolute atomic E-state index is 13.2. The summed E-state index contributed by atoms with van der Waals surface area (Å²) in [6.45, 7) is 8.45.